The van der Waals surface area contributed by atoms with E-state index in [0.29, 0.717) is 5.56 Å². The smallest absolute Gasteiger partial charge is 0.416 e. The number of nitrogens with one attached hydrogen (secondary N) is 1. The number of carbonyl (C=O) groups excluding carboxylic acids is 1. The maximum Gasteiger partial charge on any atom is 0.416 e. The first-order chi connectivity index (χ1) is 14.6. The first kappa shape index (κ1) is 21.9. The fraction of sp³-hybridized carbons (Fsp3) is 0.190. The molecule has 0 fully saturated rings. The fourth-order valence-corrected chi connectivity index (χ4v) is 2.89. The maximum atomic E-state index is 13.0. The Morgan fingerprint density at radius 3 is 2.58 bits per heavy atom. The van der Waals surface area contributed by atoms with Crippen LogP contribution < -0.4 is 15.5 Å². The van der Waals surface area contributed by atoms with Gasteiger partial charge < -0.3 is 15.2 Å². The van der Waals surface area contributed by atoms with E-state index in [1.807, 2.05) is 0 Å². The molecule has 1 amide bonds. The molecule has 3 aromatic rings. The average Bonchev–Trinajstić information content (AvgIpc) is 2.71. The minimum atomic E-state index is -4.55. The standard InChI is InChI=1S/C21H18F3N3O4/c1-12-8-17(29)19(20(30)25-11-13-6-7-18(31-2)16(28)9-13)26-27(12)15-5-3-4-14(10-15)21(22,23)24/h3-10,28H,11H2,1-2H3,(H,25,30). The van der Waals surface area contributed by atoms with Crippen LogP contribution in [0.5, 0.6) is 11.5 Å². The minimum absolute atomic E-state index is 0.0189. The van der Waals surface area contributed by atoms with Crippen molar-refractivity contribution in [2.75, 3.05) is 7.11 Å². The van der Waals surface area contributed by atoms with Crippen LogP contribution in [0, 0.1) is 6.92 Å². The molecule has 10 heteroatoms. The summed E-state index contributed by atoms with van der Waals surface area (Å²) >= 11 is 0. The molecule has 2 aromatic carbocycles. The second-order valence-electron chi connectivity index (χ2n) is 6.65. The molecule has 0 atom stereocenters. The molecule has 3 rings (SSSR count). The number of amides is 1. The normalized spacial score (nSPS) is 11.3. The first-order valence-electron chi connectivity index (χ1n) is 9.03. The SMILES string of the molecule is COc1ccc(CNC(=O)c2nn(-c3cccc(C(F)(F)F)c3)c(C)cc2=O)cc1O. The van der Waals surface area contributed by atoms with Gasteiger partial charge in [-0.15, -0.1) is 0 Å². The zero-order chi connectivity index (χ0) is 22.8. The molecule has 7 nitrogen and oxygen atoms in total. The number of hydrogen-bond donors (Lipinski definition) is 2. The predicted octanol–water partition coefficient (Wildman–Crippen LogP) is 3.20. The van der Waals surface area contributed by atoms with Gasteiger partial charge in [0.05, 0.1) is 18.4 Å². The number of rotatable bonds is 5. The zero-order valence-corrected chi connectivity index (χ0v) is 16.5. The summed E-state index contributed by atoms with van der Waals surface area (Å²) in [6.45, 7) is 1.48. The average molecular weight is 433 g/mol. The van der Waals surface area contributed by atoms with Crippen LogP contribution in [0.2, 0.25) is 0 Å². The summed E-state index contributed by atoms with van der Waals surface area (Å²) in [6, 6.07) is 10.0. The van der Waals surface area contributed by atoms with E-state index in [0.717, 1.165) is 22.9 Å². The molecule has 1 aromatic heterocycles. The molecule has 0 unspecified atom stereocenters. The van der Waals surface area contributed by atoms with Crippen molar-refractivity contribution < 1.29 is 27.8 Å². The van der Waals surface area contributed by atoms with Gasteiger partial charge in [-0.25, -0.2) is 4.68 Å². The van der Waals surface area contributed by atoms with E-state index in [-0.39, 0.29) is 29.4 Å². The lowest BCUT2D eigenvalue weighted by Crippen LogP contribution is -2.31. The van der Waals surface area contributed by atoms with Gasteiger partial charge in [0.1, 0.15) is 0 Å². The van der Waals surface area contributed by atoms with Crippen molar-refractivity contribution >= 4 is 5.91 Å². The topological polar surface area (TPSA) is 93.5 Å². The second kappa shape index (κ2) is 8.50. The van der Waals surface area contributed by atoms with Gasteiger partial charge in [-0.3, -0.25) is 9.59 Å². The molecule has 0 saturated heterocycles. The molecule has 162 valence electrons. The van der Waals surface area contributed by atoms with Gasteiger partial charge >= 0.3 is 6.18 Å². The van der Waals surface area contributed by atoms with Gasteiger partial charge in [0.15, 0.2) is 17.2 Å². The lowest BCUT2D eigenvalue weighted by molar-refractivity contribution is -0.137. The van der Waals surface area contributed by atoms with Crippen molar-refractivity contribution in [3.8, 4) is 17.2 Å². The van der Waals surface area contributed by atoms with Crippen molar-refractivity contribution in [3.63, 3.8) is 0 Å². The Morgan fingerprint density at radius 2 is 1.94 bits per heavy atom. The number of hydrogen-bond acceptors (Lipinski definition) is 5. The van der Waals surface area contributed by atoms with Crippen molar-refractivity contribution in [1.29, 1.82) is 0 Å². The van der Waals surface area contributed by atoms with Gasteiger partial charge in [0.2, 0.25) is 5.43 Å². The van der Waals surface area contributed by atoms with E-state index in [2.05, 4.69) is 10.4 Å². The summed E-state index contributed by atoms with van der Waals surface area (Å²) in [6.07, 6.45) is -4.55. The molecule has 1 heterocycles. The quantitative estimate of drug-likeness (QED) is 0.645. The lowest BCUT2D eigenvalue weighted by Gasteiger charge is -2.13. The van der Waals surface area contributed by atoms with Crippen LogP contribution >= 0.6 is 0 Å². The molecule has 0 radical (unpaired) electrons. The number of phenolic OH excluding ortho intramolecular Hbond substituents is 1. The molecule has 31 heavy (non-hydrogen) atoms. The molecular weight excluding hydrogens is 415 g/mol. The van der Waals surface area contributed by atoms with Gasteiger partial charge in [-0.2, -0.15) is 18.3 Å². The zero-order valence-electron chi connectivity index (χ0n) is 16.5. The highest BCUT2D eigenvalue weighted by Crippen LogP contribution is 2.30. The van der Waals surface area contributed by atoms with Gasteiger partial charge in [-0.05, 0) is 42.8 Å². The molecule has 0 aliphatic heterocycles. The van der Waals surface area contributed by atoms with Crippen LogP contribution in [0.1, 0.15) is 27.3 Å². The largest absolute Gasteiger partial charge is 0.504 e. The molecule has 0 bridgehead atoms. The second-order valence-corrected chi connectivity index (χ2v) is 6.65. The van der Waals surface area contributed by atoms with Crippen LogP contribution in [0.3, 0.4) is 0 Å². The van der Waals surface area contributed by atoms with Crippen molar-refractivity contribution in [1.82, 2.24) is 15.1 Å². The third-order valence-electron chi connectivity index (χ3n) is 4.44. The number of aromatic hydroxyl groups is 1. The van der Waals surface area contributed by atoms with Gasteiger partial charge in [0.25, 0.3) is 5.91 Å². The molecule has 0 aliphatic rings. The molecular formula is C21H18F3N3O4. The monoisotopic (exact) mass is 433 g/mol. The number of alkyl halides is 3. The Bertz CT molecular complexity index is 1190. The number of ether oxygens (including phenoxy) is 1. The summed E-state index contributed by atoms with van der Waals surface area (Å²) in [4.78, 5) is 24.8. The van der Waals surface area contributed by atoms with Crippen molar-refractivity contribution in [2.24, 2.45) is 0 Å². The van der Waals surface area contributed by atoms with Crippen molar-refractivity contribution in [3.05, 3.63) is 81.3 Å². The Kier molecular flexibility index (Phi) is 6.00. The Morgan fingerprint density at radius 1 is 1.19 bits per heavy atom. The van der Waals surface area contributed by atoms with E-state index in [4.69, 9.17) is 4.74 Å². The highest BCUT2D eigenvalue weighted by molar-refractivity contribution is 5.92. The fourth-order valence-electron chi connectivity index (χ4n) is 2.89. The van der Waals surface area contributed by atoms with E-state index in [1.165, 1.54) is 38.3 Å². The van der Waals surface area contributed by atoms with Crippen LogP contribution in [0.4, 0.5) is 13.2 Å². The number of methoxy groups -OCH3 is 1. The summed E-state index contributed by atoms with van der Waals surface area (Å²) < 4.78 is 45.1. The summed E-state index contributed by atoms with van der Waals surface area (Å²) in [7, 11) is 1.40. The van der Waals surface area contributed by atoms with Crippen LogP contribution in [0.25, 0.3) is 5.69 Å². The van der Waals surface area contributed by atoms with Crippen molar-refractivity contribution in [2.45, 2.75) is 19.6 Å². The Hall–Kier alpha value is -3.82. The lowest BCUT2D eigenvalue weighted by atomic mass is 10.2. The number of aromatic nitrogens is 2. The van der Waals surface area contributed by atoms with Gasteiger partial charge in [0, 0.05) is 18.3 Å². The Balaban J connectivity index is 1.88. The molecule has 0 aliphatic carbocycles. The van der Waals surface area contributed by atoms with Crippen LogP contribution in [0.15, 0.2) is 53.3 Å². The molecule has 2 N–H and O–H groups in total. The first-order valence-corrected chi connectivity index (χ1v) is 9.03. The van der Waals surface area contributed by atoms with Crippen LogP contribution in [-0.4, -0.2) is 27.9 Å². The number of halogens is 3. The maximum absolute atomic E-state index is 13.0. The highest BCUT2D eigenvalue weighted by Gasteiger charge is 2.30. The molecule has 0 spiro atoms. The number of nitrogens with zero attached hydrogens (tertiary/aromatic N) is 2. The summed E-state index contributed by atoms with van der Waals surface area (Å²) in [5, 5.41) is 16.3. The summed E-state index contributed by atoms with van der Waals surface area (Å²) in [5.41, 5.74) is -1.16. The van der Waals surface area contributed by atoms with E-state index in [1.54, 1.807) is 6.07 Å². The third-order valence-corrected chi connectivity index (χ3v) is 4.44. The van der Waals surface area contributed by atoms with E-state index >= 15 is 0 Å². The number of benzene rings is 2. The summed E-state index contributed by atoms with van der Waals surface area (Å²) in [5.74, 6) is -0.658. The van der Waals surface area contributed by atoms with E-state index < -0.39 is 28.8 Å². The van der Waals surface area contributed by atoms with Gasteiger partial charge in [-0.1, -0.05) is 12.1 Å². The third kappa shape index (κ3) is 4.85. The molecule has 0 saturated carbocycles. The predicted molar refractivity (Wildman–Crippen MR) is 105 cm³/mol. The van der Waals surface area contributed by atoms with Crippen LogP contribution in [-0.2, 0) is 12.7 Å². The Labute approximate surface area is 174 Å². The minimum Gasteiger partial charge on any atom is -0.504 e. The van der Waals surface area contributed by atoms with E-state index in [9.17, 15) is 27.9 Å². The number of phenols is 1. The highest BCUT2D eigenvalue weighted by atomic mass is 19.4. The number of aryl methyl sites for hydroxylation is 1. The number of carbonyl (C=O) groups is 1.